The molecule has 17 heteroatoms. The molecule has 56 heavy (non-hydrogen) atoms. The number of ether oxygens (including phenoxy) is 3. The molecule has 1 saturated heterocycles. The highest BCUT2D eigenvalue weighted by atomic mass is 31.2. The third-order valence-corrected chi connectivity index (χ3v) is 10.3. The van der Waals surface area contributed by atoms with E-state index in [-0.39, 0.29) is 36.5 Å². The quantitative estimate of drug-likeness (QED) is 0.0977. The summed E-state index contributed by atoms with van der Waals surface area (Å²) < 4.78 is 36.8. The van der Waals surface area contributed by atoms with Crippen LogP contribution < -0.4 is 31.1 Å². The van der Waals surface area contributed by atoms with E-state index in [1.807, 2.05) is 49.3 Å². The van der Waals surface area contributed by atoms with Crippen LogP contribution in [-0.2, 0) is 25.0 Å². The molecule has 0 saturated carbocycles. The van der Waals surface area contributed by atoms with E-state index in [9.17, 15) is 24.2 Å². The topological polar surface area (TPSA) is 213 Å². The summed E-state index contributed by atoms with van der Waals surface area (Å²) in [5.74, 6) is -0.227. The lowest BCUT2D eigenvalue weighted by Gasteiger charge is -2.24. The number of carbonyl (C=O) groups is 2. The van der Waals surface area contributed by atoms with Gasteiger partial charge in [-0.15, -0.1) is 0 Å². The Kier molecular flexibility index (Phi) is 10.7. The lowest BCUT2D eigenvalue weighted by Crippen LogP contribution is -2.27. The number of fused-ring (bicyclic) bond motifs is 3. The maximum Gasteiger partial charge on any atom is 0.336 e. The highest BCUT2D eigenvalue weighted by molar-refractivity contribution is 7.51. The zero-order valence-electron chi connectivity index (χ0n) is 31.3. The van der Waals surface area contributed by atoms with Crippen LogP contribution in [0.15, 0.2) is 60.9 Å². The Bertz CT molecular complexity index is 2520. The summed E-state index contributed by atoms with van der Waals surface area (Å²) in [5, 5.41) is 20.0. The van der Waals surface area contributed by atoms with Gasteiger partial charge in [0, 0.05) is 74.5 Å². The second kappa shape index (κ2) is 15.5. The van der Waals surface area contributed by atoms with Crippen LogP contribution >= 0.6 is 7.60 Å². The van der Waals surface area contributed by atoms with Crippen molar-refractivity contribution in [2.75, 3.05) is 51.7 Å². The van der Waals surface area contributed by atoms with Crippen LogP contribution in [0.1, 0.15) is 56.6 Å². The Morgan fingerprint density at radius 1 is 1.11 bits per heavy atom. The standard InChI is InChI=1S/C39H42N7O9P/c1-21-8-11-25-29(15-21)53-30-17-23(45(2)3)10-13-26(30)34(25)27-16-22(9-12-24(27)39(48)49)38(47)41-14-6-7-28-35-36(40)42-20-43-37(35)46(44-28)33-18-31(55-56(5,50)51)32(54-33)19-52-4/h8-13,15-17,20,31-33H,1,6-7,14,18-19H2,2-5H3,(H,41,47)(H,48,49)(H,50,51)(H2,40,42,43). The van der Waals surface area contributed by atoms with Crippen LogP contribution in [0.5, 0.6) is 11.5 Å². The summed E-state index contributed by atoms with van der Waals surface area (Å²) in [5.41, 5.74) is 10.2. The third kappa shape index (κ3) is 7.74. The summed E-state index contributed by atoms with van der Waals surface area (Å²) in [4.78, 5) is 46.6. The van der Waals surface area contributed by atoms with Crippen LogP contribution in [0.2, 0.25) is 0 Å². The van der Waals surface area contributed by atoms with Gasteiger partial charge in [0.05, 0.1) is 23.3 Å². The molecule has 7 rings (SSSR count). The van der Waals surface area contributed by atoms with Crippen LogP contribution in [-0.4, -0.2) is 94.9 Å². The molecule has 5 aromatic rings. The van der Waals surface area contributed by atoms with Crippen molar-refractivity contribution in [3.63, 3.8) is 0 Å². The number of carbonyl (C=O) groups excluding carboxylic acids is 1. The number of hydrogen-bond acceptors (Lipinski definition) is 12. The van der Waals surface area contributed by atoms with Crippen molar-refractivity contribution in [1.29, 1.82) is 0 Å². The zero-order chi connectivity index (χ0) is 39.9. The average molecular weight is 784 g/mol. The largest absolute Gasteiger partial charge is 0.478 e. The van der Waals surface area contributed by atoms with Crippen molar-refractivity contribution in [2.45, 2.75) is 37.7 Å². The number of aromatic nitrogens is 4. The van der Waals surface area contributed by atoms with Gasteiger partial charge in [-0.3, -0.25) is 9.36 Å². The number of hydrogen-bond donors (Lipinski definition) is 4. The van der Waals surface area contributed by atoms with Gasteiger partial charge in [-0.1, -0.05) is 18.7 Å². The van der Waals surface area contributed by atoms with Crippen LogP contribution in [0.4, 0.5) is 11.5 Å². The van der Waals surface area contributed by atoms with E-state index in [0.717, 1.165) is 17.6 Å². The molecule has 0 bridgehead atoms. The number of methoxy groups -OCH3 is 1. The van der Waals surface area contributed by atoms with E-state index in [2.05, 4.69) is 21.9 Å². The summed E-state index contributed by atoms with van der Waals surface area (Å²) in [6.45, 7) is 5.53. The fraction of sp³-hybridized carbons (Fsp3) is 0.308. The number of nitrogens with two attached hydrogens (primary N) is 1. The molecule has 1 fully saturated rings. The number of nitrogens with zero attached hydrogens (tertiary/aromatic N) is 5. The summed E-state index contributed by atoms with van der Waals surface area (Å²) in [6, 6.07) is 15.7. The number of carboxylic acids is 1. The molecular formula is C39H42N7O9P. The normalized spacial score (nSPS) is 18.5. The van der Waals surface area contributed by atoms with Crippen molar-refractivity contribution in [2.24, 2.45) is 0 Å². The van der Waals surface area contributed by atoms with Gasteiger partial charge in [-0.25, -0.2) is 19.4 Å². The second-order valence-corrected chi connectivity index (χ2v) is 15.7. The first-order valence-corrected chi connectivity index (χ1v) is 19.8. The Hall–Kier alpha value is -5.64. The summed E-state index contributed by atoms with van der Waals surface area (Å²) >= 11 is 0. The Balaban J connectivity index is 1.13. The molecule has 4 unspecified atom stereocenters. The molecule has 0 aliphatic carbocycles. The molecule has 5 N–H and O–H groups in total. The van der Waals surface area contributed by atoms with Gasteiger partial charge < -0.3 is 44.7 Å². The van der Waals surface area contributed by atoms with Gasteiger partial charge in [0.25, 0.3) is 5.91 Å². The number of amides is 1. The lowest BCUT2D eigenvalue weighted by molar-refractivity contribution is -0.0530. The predicted molar refractivity (Wildman–Crippen MR) is 208 cm³/mol. The Morgan fingerprint density at radius 3 is 2.64 bits per heavy atom. The highest BCUT2D eigenvalue weighted by Gasteiger charge is 2.41. The smallest absolute Gasteiger partial charge is 0.336 e. The van der Waals surface area contributed by atoms with Crippen molar-refractivity contribution < 1.29 is 42.9 Å². The molecule has 3 aromatic carbocycles. The van der Waals surface area contributed by atoms with Crippen molar-refractivity contribution in [1.82, 2.24) is 25.1 Å². The fourth-order valence-corrected chi connectivity index (χ4v) is 7.82. The fourth-order valence-electron chi connectivity index (χ4n) is 7.10. The minimum Gasteiger partial charge on any atom is -0.478 e. The average Bonchev–Trinajstić information content (AvgIpc) is 3.72. The molecule has 2 aliphatic rings. The molecular weight excluding hydrogens is 741 g/mol. The molecule has 16 nitrogen and oxygen atoms in total. The minimum atomic E-state index is -3.82. The van der Waals surface area contributed by atoms with E-state index in [1.54, 1.807) is 16.8 Å². The SMILES string of the molecule is C=c1ccc2c(c1)Oc1cc(N(C)C)ccc1C=2c1cc(C(=O)NCCCc2nn(C3CC(OP(C)(=O)O)C(COC)O3)c3ncnc(N)c23)ccc1C(=O)O. The van der Waals surface area contributed by atoms with E-state index >= 15 is 0 Å². The maximum atomic E-state index is 13.6. The van der Waals surface area contributed by atoms with Gasteiger partial charge in [0.15, 0.2) is 11.9 Å². The number of rotatable bonds is 13. The number of nitrogen functional groups attached to an aromatic ring is 1. The number of anilines is 2. The van der Waals surface area contributed by atoms with Gasteiger partial charge in [-0.05, 0) is 60.0 Å². The van der Waals surface area contributed by atoms with Crippen molar-refractivity contribution in [3.8, 4) is 11.5 Å². The van der Waals surface area contributed by atoms with Crippen LogP contribution in [0, 0.1) is 0 Å². The second-order valence-electron chi connectivity index (χ2n) is 13.9. The van der Waals surface area contributed by atoms with Gasteiger partial charge >= 0.3 is 13.6 Å². The van der Waals surface area contributed by atoms with E-state index < -0.39 is 37.9 Å². The molecule has 2 aliphatic heterocycles. The number of aryl methyl sites for hydroxylation is 1. The maximum absolute atomic E-state index is 13.6. The Morgan fingerprint density at radius 2 is 1.91 bits per heavy atom. The molecule has 1 amide bonds. The molecule has 4 heterocycles. The predicted octanol–water partition coefficient (Wildman–Crippen LogP) is 3.43. The third-order valence-electron chi connectivity index (χ3n) is 9.65. The lowest BCUT2D eigenvalue weighted by atomic mass is 9.88. The van der Waals surface area contributed by atoms with Gasteiger partial charge in [0.2, 0.25) is 0 Å². The molecule has 0 spiro atoms. The summed E-state index contributed by atoms with van der Waals surface area (Å²) in [6.07, 6.45) is 0.326. The van der Waals surface area contributed by atoms with Gasteiger partial charge in [0.1, 0.15) is 35.9 Å². The first-order chi connectivity index (χ1) is 26.7. The minimum absolute atomic E-state index is 0.0331. The zero-order valence-corrected chi connectivity index (χ0v) is 32.2. The summed E-state index contributed by atoms with van der Waals surface area (Å²) in [7, 11) is 1.51. The van der Waals surface area contributed by atoms with E-state index in [4.69, 9.17) is 29.6 Å². The van der Waals surface area contributed by atoms with Gasteiger partial charge in [-0.2, -0.15) is 5.10 Å². The van der Waals surface area contributed by atoms with Crippen molar-refractivity contribution in [3.05, 3.63) is 99.3 Å². The highest BCUT2D eigenvalue weighted by Crippen LogP contribution is 2.45. The Labute approximate surface area is 321 Å². The number of benzene rings is 3. The van der Waals surface area contributed by atoms with E-state index in [1.165, 1.54) is 25.6 Å². The monoisotopic (exact) mass is 783 g/mol. The molecule has 4 atom stereocenters. The van der Waals surface area contributed by atoms with E-state index in [0.29, 0.717) is 63.0 Å². The van der Waals surface area contributed by atoms with Crippen LogP contribution in [0.25, 0.3) is 23.2 Å². The number of carboxylic acid groups (broad SMARTS) is 1. The van der Waals surface area contributed by atoms with Crippen molar-refractivity contribution >= 4 is 54.2 Å². The van der Waals surface area contributed by atoms with Crippen LogP contribution in [0.3, 0.4) is 0 Å². The molecule has 2 aromatic heterocycles. The number of aromatic carboxylic acids is 1. The first kappa shape index (κ1) is 38.6. The first-order valence-electron chi connectivity index (χ1n) is 17.8. The molecule has 292 valence electrons. The molecule has 0 radical (unpaired) electrons. The number of nitrogens with one attached hydrogen (secondary N) is 1.